The zero-order valence-corrected chi connectivity index (χ0v) is 20.1. The number of benzene rings is 2. The van der Waals surface area contributed by atoms with E-state index in [0.29, 0.717) is 29.6 Å². The van der Waals surface area contributed by atoms with Crippen LogP contribution < -0.4 is 18.9 Å². The van der Waals surface area contributed by atoms with E-state index in [-0.39, 0.29) is 21.0 Å². The Hall–Kier alpha value is -2.53. The number of halogens is 2. The molecule has 1 atom stereocenters. The van der Waals surface area contributed by atoms with Gasteiger partial charge >= 0.3 is 6.01 Å². The summed E-state index contributed by atoms with van der Waals surface area (Å²) in [6.07, 6.45) is 0. The minimum Gasteiger partial charge on any atom is -0.493 e. The maximum absolute atomic E-state index is 12.8. The molecule has 0 radical (unpaired) electrons. The Morgan fingerprint density at radius 2 is 1.75 bits per heavy atom. The molecular formula is C20H22Cl2N4O5S. The van der Waals surface area contributed by atoms with Gasteiger partial charge in [-0.05, 0) is 44.2 Å². The maximum atomic E-state index is 12.8. The molecular weight excluding hydrogens is 479 g/mol. The van der Waals surface area contributed by atoms with Crippen molar-refractivity contribution in [1.82, 2.24) is 19.5 Å². The lowest BCUT2D eigenvalue weighted by Gasteiger charge is -2.16. The van der Waals surface area contributed by atoms with Gasteiger partial charge < -0.3 is 14.2 Å². The average molecular weight is 501 g/mol. The van der Waals surface area contributed by atoms with E-state index in [1.54, 1.807) is 36.8 Å². The second kappa shape index (κ2) is 9.95. The smallest absolute Gasteiger partial charge is 0.322 e. The molecule has 0 aliphatic heterocycles. The van der Waals surface area contributed by atoms with Crippen LogP contribution >= 0.6 is 23.2 Å². The van der Waals surface area contributed by atoms with Gasteiger partial charge in [0.15, 0.2) is 17.3 Å². The molecule has 3 rings (SSSR count). The van der Waals surface area contributed by atoms with Crippen LogP contribution in [0.2, 0.25) is 10.0 Å². The quantitative estimate of drug-likeness (QED) is 0.462. The lowest BCUT2D eigenvalue weighted by molar-refractivity contribution is 0.349. The third-order valence-electron chi connectivity index (χ3n) is 4.55. The third kappa shape index (κ3) is 5.09. The van der Waals surface area contributed by atoms with Gasteiger partial charge in [0.05, 0.1) is 35.2 Å². The molecule has 1 aromatic heterocycles. The van der Waals surface area contributed by atoms with E-state index < -0.39 is 16.1 Å². The number of rotatable bonds is 9. The summed E-state index contributed by atoms with van der Waals surface area (Å²) in [4.78, 5) is -0.0110. The average Bonchev–Trinajstić information content (AvgIpc) is 3.17. The van der Waals surface area contributed by atoms with Crippen LogP contribution in [0.15, 0.2) is 41.3 Å². The lowest BCUT2D eigenvalue weighted by atomic mass is 10.3. The van der Waals surface area contributed by atoms with Gasteiger partial charge in [0.2, 0.25) is 10.0 Å². The summed E-state index contributed by atoms with van der Waals surface area (Å²) in [7, 11) is -0.819. The van der Waals surface area contributed by atoms with E-state index in [1.165, 1.54) is 25.3 Å². The van der Waals surface area contributed by atoms with Crippen molar-refractivity contribution in [3.63, 3.8) is 0 Å². The summed E-state index contributed by atoms with van der Waals surface area (Å²) in [5, 5.41) is 8.61. The first-order valence-corrected chi connectivity index (χ1v) is 11.7. The highest BCUT2D eigenvalue weighted by atomic mass is 35.5. The Balaban J connectivity index is 1.84. The van der Waals surface area contributed by atoms with Crippen molar-refractivity contribution >= 4 is 33.2 Å². The van der Waals surface area contributed by atoms with Gasteiger partial charge in [0, 0.05) is 12.6 Å². The number of nitrogens with zero attached hydrogens (tertiary/aromatic N) is 3. The Bertz CT molecular complexity index is 1220. The van der Waals surface area contributed by atoms with Gasteiger partial charge in [-0.1, -0.05) is 28.3 Å². The zero-order chi connectivity index (χ0) is 23.5. The highest BCUT2D eigenvalue weighted by Gasteiger charge is 2.24. The molecule has 1 N–H and O–H groups in total. The van der Waals surface area contributed by atoms with Gasteiger partial charge in [-0.2, -0.15) is 0 Å². The van der Waals surface area contributed by atoms with Gasteiger partial charge in [-0.25, -0.2) is 13.1 Å². The molecule has 0 aliphatic rings. The zero-order valence-electron chi connectivity index (χ0n) is 17.8. The number of aromatic nitrogens is 3. The van der Waals surface area contributed by atoms with Crippen molar-refractivity contribution in [2.24, 2.45) is 0 Å². The molecule has 0 amide bonds. The predicted octanol–water partition coefficient (Wildman–Crippen LogP) is 4.45. The topological polar surface area (TPSA) is 105 Å². The van der Waals surface area contributed by atoms with Crippen LogP contribution in [0, 0.1) is 0 Å². The normalized spacial score (nSPS) is 12.4. The number of methoxy groups -OCH3 is 2. The highest BCUT2D eigenvalue weighted by Crippen LogP contribution is 2.33. The second-order valence-corrected chi connectivity index (χ2v) is 9.15. The molecule has 172 valence electrons. The molecule has 9 nitrogen and oxygen atoms in total. The molecule has 0 saturated carbocycles. The van der Waals surface area contributed by atoms with Crippen LogP contribution in [-0.2, 0) is 16.6 Å². The summed E-state index contributed by atoms with van der Waals surface area (Å²) in [6, 6.07) is 8.65. The molecule has 0 bridgehead atoms. The van der Waals surface area contributed by atoms with Crippen molar-refractivity contribution < 1.29 is 22.6 Å². The van der Waals surface area contributed by atoms with Crippen molar-refractivity contribution in [2.45, 2.75) is 31.3 Å². The van der Waals surface area contributed by atoms with Gasteiger partial charge in [0.25, 0.3) is 0 Å². The van der Waals surface area contributed by atoms with Crippen LogP contribution in [0.5, 0.6) is 23.3 Å². The number of hydrogen-bond acceptors (Lipinski definition) is 7. The predicted molar refractivity (Wildman–Crippen MR) is 121 cm³/mol. The minimum atomic E-state index is -3.88. The van der Waals surface area contributed by atoms with Crippen LogP contribution in [0.4, 0.5) is 0 Å². The van der Waals surface area contributed by atoms with Crippen molar-refractivity contribution in [3.8, 4) is 23.3 Å². The van der Waals surface area contributed by atoms with E-state index in [0.717, 1.165) is 0 Å². The fourth-order valence-electron chi connectivity index (χ4n) is 2.98. The molecule has 0 fully saturated rings. The Morgan fingerprint density at radius 3 is 2.38 bits per heavy atom. The molecule has 3 aromatic rings. The molecule has 1 heterocycles. The molecule has 12 heteroatoms. The van der Waals surface area contributed by atoms with Crippen molar-refractivity contribution in [3.05, 3.63) is 52.3 Å². The molecule has 0 aliphatic carbocycles. The number of sulfonamides is 1. The van der Waals surface area contributed by atoms with E-state index in [1.807, 2.05) is 6.92 Å². The second-order valence-electron chi connectivity index (χ2n) is 6.62. The summed E-state index contributed by atoms with van der Waals surface area (Å²) < 4.78 is 46.2. The van der Waals surface area contributed by atoms with E-state index in [9.17, 15) is 8.42 Å². The first-order valence-electron chi connectivity index (χ1n) is 9.50. The molecule has 32 heavy (non-hydrogen) atoms. The van der Waals surface area contributed by atoms with E-state index in [2.05, 4.69) is 14.9 Å². The first-order chi connectivity index (χ1) is 15.2. The monoisotopic (exact) mass is 500 g/mol. The molecule has 0 saturated heterocycles. The number of hydrogen-bond donors (Lipinski definition) is 1. The fraction of sp³-hybridized carbons (Fsp3) is 0.300. The van der Waals surface area contributed by atoms with Crippen molar-refractivity contribution in [1.29, 1.82) is 0 Å². The van der Waals surface area contributed by atoms with Crippen LogP contribution in [0.1, 0.15) is 25.7 Å². The molecule has 2 aromatic carbocycles. The minimum absolute atomic E-state index is 0.0110. The van der Waals surface area contributed by atoms with E-state index in [4.69, 9.17) is 37.4 Å². The Morgan fingerprint density at radius 1 is 1.03 bits per heavy atom. The molecule has 0 spiro atoms. The van der Waals surface area contributed by atoms with Gasteiger partial charge in [-0.15, -0.1) is 5.10 Å². The third-order valence-corrected chi connectivity index (χ3v) is 6.82. The van der Waals surface area contributed by atoms with Crippen LogP contribution in [0.25, 0.3) is 0 Å². The standard InChI is InChI=1S/C20H22Cl2N4O5S/c1-5-26-19(12(2)25-32(27,28)14-7-8-15(21)16(22)11-14)23-24-20(26)31-13-6-9-17(29-3)18(10-13)30-4/h6-12,25H,5H2,1-4H3/t12-/m1/s1. The summed E-state index contributed by atoms with van der Waals surface area (Å²) in [6.45, 7) is 3.98. The summed E-state index contributed by atoms with van der Waals surface area (Å²) in [5.74, 6) is 1.89. The Labute approximate surface area is 196 Å². The Kier molecular flexibility index (Phi) is 7.50. The maximum Gasteiger partial charge on any atom is 0.322 e. The first kappa shape index (κ1) is 24.1. The SMILES string of the molecule is CCn1c(Oc2ccc(OC)c(OC)c2)nnc1[C@@H](C)NS(=O)(=O)c1ccc(Cl)c(Cl)c1. The van der Waals surface area contributed by atoms with Gasteiger partial charge in [-0.3, -0.25) is 4.57 Å². The number of nitrogens with one attached hydrogen (secondary N) is 1. The summed E-state index contributed by atoms with van der Waals surface area (Å²) >= 11 is 11.8. The largest absolute Gasteiger partial charge is 0.493 e. The van der Waals surface area contributed by atoms with Crippen molar-refractivity contribution in [2.75, 3.05) is 14.2 Å². The lowest BCUT2D eigenvalue weighted by Crippen LogP contribution is -2.29. The fourth-order valence-corrected chi connectivity index (χ4v) is 4.57. The van der Waals surface area contributed by atoms with E-state index >= 15 is 0 Å². The molecule has 0 unspecified atom stereocenters. The van der Waals surface area contributed by atoms with Crippen LogP contribution in [0.3, 0.4) is 0 Å². The number of ether oxygens (including phenoxy) is 3. The summed E-state index contributed by atoms with van der Waals surface area (Å²) in [5.41, 5.74) is 0. The highest BCUT2D eigenvalue weighted by molar-refractivity contribution is 7.89. The van der Waals surface area contributed by atoms with Crippen LogP contribution in [-0.4, -0.2) is 37.4 Å². The van der Waals surface area contributed by atoms with Gasteiger partial charge in [0.1, 0.15) is 5.75 Å².